The second-order valence-corrected chi connectivity index (χ2v) is 6.87. The number of carbonyl (C=O) groups excluding carboxylic acids is 1. The van der Waals surface area contributed by atoms with Gasteiger partial charge in [0.15, 0.2) is 0 Å². The lowest BCUT2D eigenvalue weighted by Gasteiger charge is -2.20. The Bertz CT molecular complexity index is 668. The van der Waals surface area contributed by atoms with E-state index in [-0.39, 0.29) is 18.0 Å². The van der Waals surface area contributed by atoms with Gasteiger partial charge in [-0.3, -0.25) is 4.79 Å². The summed E-state index contributed by atoms with van der Waals surface area (Å²) in [6.45, 7) is 3.32. The fraction of sp³-hybridized carbons (Fsp3) is 0.357. The average molecular weight is 309 g/mol. The summed E-state index contributed by atoms with van der Waals surface area (Å²) in [4.78, 5) is 11.3. The lowest BCUT2D eigenvalue weighted by molar-refractivity contribution is -0.125. The van der Waals surface area contributed by atoms with Crippen molar-refractivity contribution in [2.45, 2.75) is 18.7 Å². The number of amides is 1. The van der Waals surface area contributed by atoms with Crippen LogP contribution >= 0.6 is 0 Å². The van der Waals surface area contributed by atoms with Crippen LogP contribution in [0, 0.1) is 17.3 Å². The van der Waals surface area contributed by atoms with Crippen molar-refractivity contribution >= 4 is 15.9 Å². The Morgan fingerprint density at radius 1 is 1.29 bits per heavy atom. The number of benzene rings is 1. The first-order valence-corrected chi connectivity index (χ1v) is 7.76. The van der Waals surface area contributed by atoms with Gasteiger partial charge < -0.3 is 11.5 Å². The zero-order valence-electron chi connectivity index (χ0n) is 12.0. The molecular formula is C14H19N3O3S. The molecule has 0 spiro atoms. The number of hydrogen-bond acceptors (Lipinski definition) is 4. The molecule has 1 amide bonds. The Hall–Kier alpha value is -1.88. The van der Waals surface area contributed by atoms with E-state index in [1.54, 1.807) is 26.0 Å². The van der Waals surface area contributed by atoms with Crippen molar-refractivity contribution in [1.82, 2.24) is 4.72 Å². The number of rotatable bonds is 5. The molecule has 6 nitrogen and oxygen atoms in total. The molecule has 0 aliphatic carbocycles. The molecule has 114 valence electrons. The van der Waals surface area contributed by atoms with Gasteiger partial charge in [-0.1, -0.05) is 11.8 Å². The van der Waals surface area contributed by atoms with Gasteiger partial charge in [-0.15, -0.1) is 0 Å². The van der Waals surface area contributed by atoms with Crippen molar-refractivity contribution in [2.75, 3.05) is 13.1 Å². The summed E-state index contributed by atoms with van der Waals surface area (Å²) in [5, 5.41) is 0. The molecule has 0 aliphatic heterocycles. The van der Waals surface area contributed by atoms with E-state index in [1.165, 1.54) is 12.1 Å². The van der Waals surface area contributed by atoms with Gasteiger partial charge in [0.2, 0.25) is 15.9 Å². The van der Waals surface area contributed by atoms with Crippen LogP contribution in [0.1, 0.15) is 19.4 Å². The maximum Gasteiger partial charge on any atom is 0.240 e. The maximum atomic E-state index is 12.1. The average Bonchev–Trinajstić information content (AvgIpc) is 2.43. The second-order valence-electron chi connectivity index (χ2n) is 5.10. The van der Waals surface area contributed by atoms with Crippen molar-refractivity contribution in [3.63, 3.8) is 0 Å². The van der Waals surface area contributed by atoms with E-state index in [2.05, 4.69) is 16.6 Å². The third-order valence-corrected chi connectivity index (χ3v) is 4.29. The summed E-state index contributed by atoms with van der Waals surface area (Å²) in [5.41, 5.74) is 10.2. The van der Waals surface area contributed by atoms with Crippen LogP contribution in [0.2, 0.25) is 0 Å². The molecule has 0 aromatic heterocycles. The van der Waals surface area contributed by atoms with Crippen molar-refractivity contribution < 1.29 is 13.2 Å². The Kier molecular flexibility index (Phi) is 5.49. The smallest absolute Gasteiger partial charge is 0.240 e. The lowest BCUT2D eigenvalue weighted by atomic mass is 9.93. The predicted molar refractivity (Wildman–Crippen MR) is 80.5 cm³/mol. The highest BCUT2D eigenvalue weighted by Crippen LogP contribution is 2.15. The van der Waals surface area contributed by atoms with Crippen LogP contribution in [-0.2, 0) is 14.8 Å². The van der Waals surface area contributed by atoms with Crippen LogP contribution in [-0.4, -0.2) is 27.4 Å². The van der Waals surface area contributed by atoms with Gasteiger partial charge >= 0.3 is 0 Å². The van der Waals surface area contributed by atoms with Crippen LogP contribution in [0.25, 0.3) is 0 Å². The fourth-order valence-corrected chi connectivity index (χ4v) is 2.53. The summed E-state index contributed by atoms with van der Waals surface area (Å²) in [6, 6.07) is 6.08. The van der Waals surface area contributed by atoms with Crippen molar-refractivity contribution in [2.24, 2.45) is 16.9 Å². The molecule has 0 bridgehead atoms. The minimum absolute atomic E-state index is 0.0700. The first-order chi connectivity index (χ1) is 9.69. The topological polar surface area (TPSA) is 115 Å². The Morgan fingerprint density at radius 3 is 2.33 bits per heavy atom. The van der Waals surface area contributed by atoms with Gasteiger partial charge in [-0.25, -0.2) is 13.1 Å². The third-order valence-electron chi connectivity index (χ3n) is 2.87. The zero-order chi connectivity index (χ0) is 16.1. The summed E-state index contributed by atoms with van der Waals surface area (Å²) in [6.07, 6.45) is 0. The molecule has 7 heteroatoms. The zero-order valence-corrected chi connectivity index (χ0v) is 12.8. The standard InChI is InChI=1S/C14H19N3O3S/c1-14(2,13(16)18)10-17-21(19,20)12-7-5-11(6-8-12)4-3-9-15/h5-8,17H,9-10,15H2,1-2H3,(H2,16,18). The first kappa shape index (κ1) is 17.2. The van der Waals surface area contributed by atoms with Gasteiger partial charge in [0, 0.05) is 12.1 Å². The molecule has 1 rings (SSSR count). The minimum Gasteiger partial charge on any atom is -0.369 e. The second kappa shape index (κ2) is 6.72. The highest BCUT2D eigenvalue weighted by atomic mass is 32.2. The van der Waals surface area contributed by atoms with E-state index in [1.807, 2.05) is 0 Å². The van der Waals surface area contributed by atoms with E-state index in [0.717, 1.165) is 0 Å². The lowest BCUT2D eigenvalue weighted by Crippen LogP contribution is -2.42. The normalized spacial score (nSPS) is 11.6. The maximum absolute atomic E-state index is 12.1. The van der Waals surface area contributed by atoms with Crippen LogP contribution in [0.4, 0.5) is 0 Å². The van der Waals surface area contributed by atoms with E-state index < -0.39 is 21.3 Å². The van der Waals surface area contributed by atoms with Crippen molar-refractivity contribution in [3.05, 3.63) is 29.8 Å². The largest absolute Gasteiger partial charge is 0.369 e. The molecule has 0 atom stereocenters. The molecule has 0 saturated carbocycles. The molecule has 1 aromatic carbocycles. The number of carbonyl (C=O) groups is 1. The van der Waals surface area contributed by atoms with E-state index in [9.17, 15) is 13.2 Å². The van der Waals surface area contributed by atoms with Gasteiger partial charge in [-0.05, 0) is 38.1 Å². The van der Waals surface area contributed by atoms with E-state index in [0.29, 0.717) is 5.56 Å². The summed E-state index contributed by atoms with van der Waals surface area (Å²) >= 11 is 0. The van der Waals surface area contributed by atoms with E-state index >= 15 is 0 Å². The summed E-state index contributed by atoms with van der Waals surface area (Å²) in [7, 11) is -3.69. The minimum atomic E-state index is -3.69. The summed E-state index contributed by atoms with van der Waals surface area (Å²) < 4.78 is 26.6. The summed E-state index contributed by atoms with van der Waals surface area (Å²) in [5.74, 6) is 4.91. The first-order valence-electron chi connectivity index (χ1n) is 6.27. The number of primary amides is 1. The van der Waals surface area contributed by atoms with Crippen molar-refractivity contribution in [3.8, 4) is 11.8 Å². The van der Waals surface area contributed by atoms with Gasteiger partial charge in [-0.2, -0.15) is 0 Å². The highest BCUT2D eigenvalue weighted by molar-refractivity contribution is 7.89. The van der Waals surface area contributed by atoms with Crippen molar-refractivity contribution in [1.29, 1.82) is 0 Å². The van der Waals surface area contributed by atoms with Crippen LogP contribution in [0.5, 0.6) is 0 Å². The molecule has 0 aliphatic rings. The molecule has 21 heavy (non-hydrogen) atoms. The van der Waals surface area contributed by atoms with Crippen LogP contribution < -0.4 is 16.2 Å². The monoisotopic (exact) mass is 309 g/mol. The van der Waals surface area contributed by atoms with Gasteiger partial charge in [0.05, 0.1) is 16.9 Å². The molecular weight excluding hydrogens is 290 g/mol. The van der Waals surface area contributed by atoms with Crippen LogP contribution in [0.15, 0.2) is 29.2 Å². The number of nitrogens with one attached hydrogen (secondary N) is 1. The number of hydrogen-bond donors (Lipinski definition) is 3. The Morgan fingerprint density at radius 2 is 1.86 bits per heavy atom. The SMILES string of the molecule is CC(C)(CNS(=O)(=O)c1ccc(C#CCN)cc1)C(N)=O. The molecule has 0 heterocycles. The molecule has 5 N–H and O–H groups in total. The molecule has 0 unspecified atom stereocenters. The number of nitrogens with two attached hydrogens (primary N) is 2. The van der Waals surface area contributed by atoms with Gasteiger partial charge in [0.1, 0.15) is 0 Å². The van der Waals surface area contributed by atoms with Gasteiger partial charge in [0.25, 0.3) is 0 Å². The number of sulfonamides is 1. The van der Waals surface area contributed by atoms with Crippen LogP contribution in [0.3, 0.4) is 0 Å². The molecule has 0 saturated heterocycles. The molecule has 0 fully saturated rings. The quantitative estimate of drug-likeness (QED) is 0.652. The Balaban J connectivity index is 2.86. The highest BCUT2D eigenvalue weighted by Gasteiger charge is 2.27. The molecule has 0 radical (unpaired) electrons. The Labute approximate surface area is 125 Å². The molecule has 1 aromatic rings. The predicted octanol–water partition coefficient (Wildman–Crippen LogP) is -0.213. The van der Waals surface area contributed by atoms with E-state index in [4.69, 9.17) is 11.5 Å². The fourth-order valence-electron chi connectivity index (χ4n) is 1.32. The third kappa shape index (κ3) is 4.86.